The Morgan fingerprint density at radius 1 is 1.14 bits per heavy atom. The Balaban J connectivity index is 1.30. The van der Waals surface area contributed by atoms with Crippen LogP contribution in [0.25, 0.3) is 10.9 Å². The fraction of sp³-hybridized carbons (Fsp3) is 0.238. The number of halogens is 1. The van der Waals surface area contributed by atoms with Crippen LogP contribution in [-0.4, -0.2) is 40.4 Å². The molecule has 0 atom stereocenters. The molecule has 0 unspecified atom stereocenters. The van der Waals surface area contributed by atoms with Gasteiger partial charge in [0.2, 0.25) is 0 Å². The highest BCUT2D eigenvalue weighted by atomic mass is 79.9. The first-order valence-electron chi connectivity index (χ1n) is 9.28. The molecule has 1 aromatic heterocycles. The Bertz CT molecular complexity index is 1080. The number of carbonyl (C=O) groups excluding carboxylic acids is 1. The largest absolute Gasteiger partial charge is 0.361 e. The van der Waals surface area contributed by atoms with Gasteiger partial charge in [-0.25, -0.2) is 15.3 Å². The summed E-state index contributed by atoms with van der Waals surface area (Å²) in [4.78, 5) is 28.6. The fourth-order valence-corrected chi connectivity index (χ4v) is 4.19. The lowest BCUT2D eigenvalue weighted by Crippen LogP contribution is -2.46. The van der Waals surface area contributed by atoms with Gasteiger partial charge in [-0.1, -0.05) is 28.1 Å². The van der Waals surface area contributed by atoms with Crippen LogP contribution in [-0.2, 0) is 4.84 Å². The topological polar surface area (TPSA) is 69.7 Å². The number of piperidine rings is 1. The molecule has 0 aliphatic carbocycles. The number of hydrogen-bond acceptors (Lipinski definition) is 4. The summed E-state index contributed by atoms with van der Waals surface area (Å²) in [7, 11) is 0. The van der Waals surface area contributed by atoms with Crippen LogP contribution in [0, 0.1) is 0 Å². The quantitative estimate of drug-likeness (QED) is 0.638. The zero-order valence-corrected chi connectivity index (χ0v) is 16.7. The van der Waals surface area contributed by atoms with Crippen molar-refractivity contribution in [1.29, 1.82) is 0 Å². The van der Waals surface area contributed by atoms with E-state index in [1.807, 2.05) is 59.6 Å². The molecule has 6 nitrogen and oxygen atoms in total. The second-order valence-corrected chi connectivity index (χ2v) is 8.11. The van der Waals surface area contributed by atoms with Gasteiger partial charge in [0, 0.05) is 58.6 Å². The Labute approximate surface area is 170 Å². The molecule has 1 saturated heterocycles. The molecule has 2 N–H and O–H groups in total. The molecule has 3 heterocycles. The number of amides is 1. The van der Waals surface area contributed by atoms with E-state index in [0.29, 0.717) is 31.5 Å². The predicted octanol–water partition coefficient (Wildman–Crippen LogP) is 3.84. The van der Waals surface area contributed by atoms with Crippen molar-refractivity contribution >= 4 is 38.6 Å². The number of aromatic nitrogens is 1. The number of fused-ring (bicyclic) bond motifs is 1. The first-order valence-corrected chi connectivity index (χ1v) is 10.1. The van der Waals surface area contributed by atoms with Crippen molar-refractivity contribution in [3.63, 3.8) is 0 Å². The van der Waals surface area contributed by atoms with Gasteiger partial charge >= 0.3 is 0 Å². The van der Waals surface area contributed by atoms with E-state index in [2.05, 4.69) is 26.4 Å². The van der Waals surface area contributed by atoms with E-state index in [1.54, 1.807) is 0 Å². The summed E-state index contributed by atoms with van der Waals surface area (Å²) < 4.78 is 0.996. The van der Waals surface area contributed by atoms with Crippen molar-refractivity contribution < 1.29 is 9.63 Å². The van der Waals surface area contributed by atoms with E-state index >= 15 is 0 Å². The second kappa shape index (κ2) is 6.76. The van der Waals surface area contributed by atoms with Crippen LogP contribution in [0.2, 0.25) is 0 Å². The van der Waals surface area contributed by atoms with E-state index < -0.39 is 5.72 Å². The number of aliphatic imine (C=N–C) groups is 1. The molecule has 2 aliphatic heterocycles. The third-order valence-corrected chi connectivity index (χ3v) is 5.88. The summed E-state index contributed by atoms with van der Waals surface area (Å²) in [6.07, 6.45) is 3.21. The minimum atomic E-state index is -0.598. The van der Waals surface area contributed by atoms with E-state index in [1.165, 1.54) is 0 Å². The molecular weight excluding hydrogens is 420 g/mol. The Morgan fingerprint density at radius 3 is 2.82 bits per heavy atom. The van der Waals surface area contributed by atoms with Crippen LogP contribution in [0.15, 0.2) is 64.2 Å². The molecule has 0 saturated carbocycles. The number of aromatic amines is 1. The van der Waals surface area contributed by atoms with Crippen LogP contribution in [0.4, 0.5) is 0 Å². The predicted molar refractivity (Wildman–Crippen MR) is 111 cm³/mol. The minimum Gasteiger partial charge on any atom is -0.361 e. The van der Waals surface area contributed by atoms with E-state index in [-0.39, 0.29) is 5.91 Å². The molecule has 1 spiro atoms. The van der Waals surface area contributed by atoms with Crippen molar-refractivity contribution in [2.24, 2.45) is 4.99 Å². The monoisotopic (exact) mass is 438 g/mol. The standard InChI is InChI=1S/C21H19BrN4O2/c22-17-3-1-2-15(13-17)19-24-21(28-25-19)7-10-26(11-8-21)20(27)16-4-5-18-14(12-16)6-9-23-18/h1-6,9,12-13,23H,7-8,10-11H2,(H,24,25). The van der Waals surface area contributed by atoms with Gasteiger partial charge in [0.15, 0.2) is 11.6 Å². The van der Waals surface area contributed by atoms with E-state index in [0.717, 1.165) is 26.8 Å². The second-order valence-electron chi connectivity index (χ2n) is 7.19. The molecule has 28 heavy (non-hydrogen) atoms. The maximum Gasteiger partial charge on any atom is 0.253 e. The van der Waals surface area contributed by atoms with Crippen molar-refractivity contribution in [3.05, 3.63) is 70.3 Å². The molecule has 5 rings (SSSR count). The number of nitrogens with zero attached hydrogens (tertiary/aromatic N) is 2. The number of benzene rings is 2. The highest BCUT2D eigenvalue weighted by molar-refractivity contribution is 9.10. The third-order valence-electron chi connectivity index (χ3n) is 5.38. The zero-order valence-electron chi connectivity index (χ0n) is 15.1. The molecule has 0 radical (unpaired) electrons. The van der Waals surface area contributed by atoms with Crippen molar-refractivity contribution in [2.75, 3.05) is 13.1 Å². The first kappa shape index (κ1) is 17.5. The van der Waals surface area contributed by atoms with Crippen molar-refractivity contribution in [2.45, 2.75) is 18.6 Å². The molecule has 142 valence electrons. The summed E-state index contributed by atoms with van der Waals surface area (Å²) >= 11 is 3.49. The van der Waals surface area contributed by atoms with Gasteiger partial charge in [0.1, 0.15) is 0 Å². The van der Waals surface area contributed by atoms with Gasteiger partial charge in [0.25, 0.3) is 5.91 Å². The van der Waals surface area contributed by atoms with Gasteiger partial charge in [-0.2, -0.15) is 0 Å². The van der Waals surface area contributed by atoms with Crippen LogP contribution in [0.3, 0.4) is 0 Å². The maximum absolute atomic E-state index is 12.9. The fourth-order valence-electron chi connectivity index (χ4n) is 3.79. The Morgan fingerprint density at radius 2 is 2.00 bits per heavy atom. The van der Waals surface area contributed by atoms with Gasteiger partial charge in [-0.3, -0.25) is 4.79 Å². The van der Waals surface area contributed by atoms with Crippen LogP contribution in [0.5, 0.6) is 0 Å². The smallest absolute Gasteiger partial charge is 0.253 e. The number of rotatable bonds is 2. The van der Waals surface area contributed by atoms with Gasteiger partial charge in [0.05, 0.1) is 0 Å². The van der Waals surface area contributed by atoms with Crippen LogP contribution >= 0.6 is 15.9 Å². The van der Waals surface area contributed by atoms with E-state index in [4.69, 9.17) is 9.83 Å². The molecule has 7 heteroatoms. The number of carbonyl (C=O) groups is 1. The lowest BCUT2D eigenvalue weighted by atomic mass is 10.00. The van der Waals surface area contributed by atoms with Crippen LogP contribution < -0.4 is 5.48 Å². The summed E-state index contributed by atoms with van der Waals surface area (Å²) in [6.45, 7) is 1.22. The lowest BCUT2D eigenvalue weighted by molar-refractivity contribution is -0.0849. The third kappa shape index (κ3) is 3.10. The lowest BCUT2D eigenvalue weighted by Gasteiger charge is -2.35. The van der Waals surface area contributed by atoms with E-state index in [9.17, 15) is 4.79 Å². The summed E-state index contributed by atoms with van der Waals surface area (Å²) in [5.41, 5.74) is 5.10. The number of H-pyrrole nitrogens is 1. The minimum absolute atomic E-state index is 0.0556. The van der Waals surface area contributed by atoms with Crippen LogP contribution in [0.1, 0.15) is 28.8 Å². The zero-order chi connectivity index (χ0) is 19.1. The Kier molecular flexibility index (Phi) is 4.21. The molecule has 2 aliphatic rings. The van der Waals surface area contributed by atoms with Gasteiger partial charge in [-0.15, -0.1) is 0 Å². The molecule has 0 bridgehead atoms. The number of likely N-dealkylation sites (tertiary alicyclic amines) is 1. The molecule has 1 fully saturated rings. The molecular formula is C21H19BrN4O2. The number of nitrogens with one attached hydrogen (secondary N) is 2. The highest BCUT2D eigenvalue weighted by Crippen LogP contribution is 2.32. The van der Waals surface area contributed by atoms with Gasteiger partial charge < -0.3 is 9.88 Å². The average Bonchev–Trinajstić information content (AvgIpc) is 3.35. The first-order chi connectivity index (χ1) is 13.6. The Hall–Kier alpha value is -2.64. The normalized spacial score (nSPS) is 18.3. The van der Waals surface area contributed by atoms with Crippen molar-refractivity contribution in [1.82, 2.24) is 15.4 Å². The number of hydroxylamine groups is 1. The number of amidine groups is 1. The highest BCUT2D eigenvalue weighted by Gasteiger charge is 2.41. The summed E-state index contributed by atoms with van der Waals surface area (Å²) in [5.74, 6) is 0.791. The van der Waals surface area contributed by atoms with Crippen molar-refractivity contribution in [3.8, 4) is 0 Å². The average molecular weight is 439 g/mol. The summed E-state index contributed by atoms with van der Waals surface area (Å²) in [5, 5.41) is 1.05. The molecule has 3 aromatic rings. The van der Waals surface area contributed by atoms with Gasteiger partial charge in [-0.05, 0) is 36.4 Å². The SMILES string of the molecule is O=C(c1ccc2[nH]ccc2c1)N1CCC2(CC1)N=C(c1cccc(Br)c1)NO2. The summed E-state index contributed by atoms with van der Waals surface area (Å²) in [6, 6.07) is 15.7. The molecule has 1 amide bonds. The maximum atomic E-state index is 12.9. The molecule has 2 aromatic carbocycles. The number of hydrogen-bond donors (Lipinski definition) is 2.